The molecule has 1 aromatic rings. The van der Waals surface area contributed by atoms with Crippen LogP contribution in [-0.2, 0) is 4.79 Å². The van der Waals surface area contributed by atoms with Crippen LogP contribution in [0.25, 0.3) is 0 Å². The van der Waals surface area contributed by atoms with Crippen molar-refractivity contribution in [2.24, 2.45) is 0 Å². The second kappa shape index (κ2) is 6.74. The van der Waals surface area contributed by atoms with E-state index in [1.165, 1.54) is 11.3 Å². The zero-order valence-corrected chi connectivity index (χ0v) is 12.9. The lowest BCUT2D eigenvalue weighted by Crippen LogP contribution is -2.55. The molecule has 2 N–H and O–H groups in total. The lowest BCUT2D eigenvalue weighted by molar-refractivity contribution is -0.127. The highest BCUT2D eigenvalue weighted by atomic mass is 32.1. The van der Waals surface area contributed by atoms with Crippen LogP contribution in [0.5, 0.6) is 0 Å². The van der Waals surface area contributed by atoms with E-state index in [1.54, 1.807) is 11.8 Å². The van der Waals surface area contributed by atoms with Crippen molar-refractivity contribution in [1.29, 1.82) is 0 Å². The molecule has 2 heterocycles. The number of thiophene rings is 1. The number of hydrogen-bond donors (Lipinski definition) is 2. The number of nitrogens with zero attached hydrogens (tertiary/aromatic N) is 1. The maximum absolute atomic E-state index is 12.5. The van der Waals surface area contributed by atoms with Gasteiger partial charge in [0.1, 0.15) is 6.04 Å². The third-order valence-corrected chi connectivity index (χ3v) is 4.47. The Morgan fingerprint density at radius 3 is 3.10 bits per heavy atom. The van der Waals surface area contributed by atoms with Gasteiger partial charge in [0.25, 0.3) is 5.91 Å². The first-order valence-corrected chi connectivity index (χ1v) is 7.65. The molecule has 0 saturated carbocycles. The fraction of sp³-hybridized carbons (Fsp3) is 0.467. The van der Waals surface area contributed by atoms with Gasteiger partial charge < -0.3 is 15.3 Å². The summed E-state index contributed by atoms with van der Waals surface area (Å²) in [6.07, 6.45) is 0.421. The van der Waals surface area contributed by atoms with E-state index < -0.39 is 6.04 Å². The molecular weight excluding hydrogens is 288 g/mol. The predicted octanol–water partition coefficient (Wildman–Crippen LogP) is 0.751. The topological polar surface area (TPSA) is 69.6 Å². The molecule has 0 aliphatic carbocycles. The highest BCUT2D eigenvalue weighted by molar-refractivity contribution is 7.14. The van der Waals surface area contributed by atoms with E-state index in [4.69, 9.17) is 5.11 Å². The van der Waals surface area contributed by atoms with Crippen molar-refractivity contribution in [1.82, 2.24) is 10.2 Å². The minimum absolute atomic E-state index is 0.0314. The normalized spacial score (nSPS) is 18.0. The van der Waals surface area contributed by atoms with Gasteiger partial charge in [-0.3, -0.25) is 9.59 Å². The number of carbonyl (C=O) groups excluding carboxylic acids is 2. The molecule has 6 heteroatoms. The van der Waals surface area contributed by atoms with E-state index in [0.29, 0.717) is 24.4 Å². The number of nitrogens with one attached hydrogen (secondary N) is 1. The van der Waals surface area contributed by atoms with Gasteiger partial charge in [0.2, 0.25) is 5.91 Å². The largest absolute Gasteiger partial charge is 0.395 e. The van der Waals surface area contributed by atoms with E-state index in [-0.39, 0.29) is 18.4 Å². The Kier molecular flexibility index (Phi) is 4.99. The summed E-state index contributed by atoms with van der Waals surface area (Å²) in [5, 5.41) is 11.5. The number of amides is 2. The van der Waals surface area contributed by atoms with E-state index in [1.807, 2.05) is 13.0 Å². The van der Waals surface area contributed by atoms with Gasteiger partial charge in [-0.2, -0.15) is 0 Å². The molecule has 0 spiro atoms. The van der Waals surface area contributed by atoms with Crippen LogP contribution >= 0.6 is 11.3 Å². The average Bonchev–Trinajstić information content (AvgIpc) is 2.83. The van der Waals surface area contributed by atoms with Crippen molar-refractivity contribution < 1.29 is 14.7 Å². The van der Waals surface area contributed by atoms with Gasteiger partial charge in [-0.15, -0.1) is 11.3 Å². The molecule has 1 atom stereocenters. The van der Waals surface area contributed by atoms with Gasteiger partial charge in [-0.1, -0.05) is 11.8 Å². The molecule has 1 saturated heterocycles. The van der Waals surface area contributed by atoms with Crippen molar-refractivity contribution in [2.45, 2.75) is 26.3 Å². The van der Waals surface area contributed by atoms with Crippen molar-refractivity contribution in [3.63, 3.8) is 0 Å². The third kappa shape index (κ3) is 3.43. The van der Waals surface area contributed by atoms with Gasteiger partial charge in [-0.25, -0.2) is 0 Å². The second-order valence-electron chi connectivity index (χ2n) is 4.86. The Bertz CT molecular complexity index is 612. The maximum Gasteiger partial charge on any atom is 0.264 e. The summed E-state index contributed by atoms with van der Waals surface area (Å²) in [6.45, 7) is 4.68. The first kappa shape index (κ1) is 15.5. The predicted molar refractivity (Wildman–Crippen MR) is 81.1 cm³/mol. The number of piperazine rings is 1. The summed E-state index contributed by atoms with van der Waals surface area (Å²) in [5.41, 5.74) is 0.947. The molecule has 1 aliphatic rings. The summed E-state index contributed by atoms with van der Waals surface area (Å²) in [4.78, 5) is 27.2. The van der Waals surface area contributed by atoms with Crippen LogP contribution in [0.15, 0.2) is 6.07 Å². The van der Waals surface area contributed by atoms with E-state index in [0.717, 1.165) is 10.4 Å². The smallest absolute Gasteiger partial charge is 0.264 e. The zero-order valence-electron chi connectivity index (χ0n) is 12.1. The van der Waals surface area contributed by atoms with Gasteiger partial charge >= 0.3 is 0 Å². The van der Waals surface area contributed by atoms with Crippen molar-refractivity contribution in [2.75, 3.05) is 19.7 Å². The maximum atomic E-state index is 12.5. The molecule has 1 unspecified atom stereocenters. The number of aryl methyl sites for hydroxylation is 1. The molecule has 0 aromatic carbocycles. The summed E-state index contributed by atoms with van der Waals surface area (Å²) >= 11 is 1.34. The number of rotatable bonds is 2. The lowest BCUT2D eigenvalue weighted by atomic mass is 10.2. The molecule has 1 aliphatic heterocycles. The quantitative estimate of drug-likeness (QED) is 0.792. The summed E-state index contributed by atoms with van der Waals surface area (Å²) in [5.74, 6) is 5.59. The molecule has 2 rings (SSSR count). The summed E-state index contributed by atoms with van der Waals surface area (Å²) in [7, 11) is 0. The first-order chi connectivity index (χ1) is 10.0. The number of aliphatic hydroxyl groups is 1. The molecular formula is C15H18N2O3S. The minimum atomic E-state index is -0.447. The molecule has 1 fully saturated rings. The van der Waals surface area contributed by atoms with Crippen molar-refractivity contribution in [3.8, 4) is 11.8 Å². The van der Waals surface area contributed by atoms with Crippen LogP contribution in [0.1, 0.15) is 33.5 Å². The Hall–Kier alpha value is -1.84. The molecule has 1 aromatic heterocycles. The standard InChI is InChI=1S/C15H18N2O3S/c1-10-9-13(21-12(10)5-3-4-8-18)15(20)17-7-6-16-14(19)11(17)2/h9,11,18H,4,6-8H2,1-2H3,(H,16,19). The second-order valence-corrected chi connectivity index (χ2v) is 5.92. The number of carbonyl (C=O) groups is 2. The van der Waals surface area contributed by atoms with Crippen LogP contribution < -0.4 is 5.32 Å². The summed E-state index contributed by atoms with van der Waals surface area (Å²) in [6, 6.07) is 1.37. The molecule has 0 bridgehead atoms. The summed E-state index contributed by atoms with van der Waals surface area (Å²) < 4.78 is 0. The molecule has 5 nitrogen and oxygen atoms in total. The van der Waals surface area contributed by atoms with Gasteiger partial charge in [0.05, 0.1) is 16.4 Å². The number of hydrogen-bond acceptors (Lipinski definition) is 4. The van der Waals surface area contributed by atoms with Gasteiger partial charge in [0.15, 0.2) is 0 Å². The fourth-order valence-corrected chi connectivity index (χ4v) is 3.11. The molecule has 0 radical (unpaired) electrons. The van der Waals surface area contributed by atoms with Gasteiger partial charge in [0, 0.05) is 19.5 Å². The first-order valence-electron chi connectivity index (χ1n) is 6.83. The Balaban J connectivity index is 2.18. The van der Waals surface area contributed by atoms with Crippen LogP contribution in [-0.4, -0.2) is 47.6 Å². The molecule has 21 heavy (non-hydrogen) atoms. The average molecular weight is 306 g/mol. The van der Waals surface area contributed by atoms with E-state index in [9.17, 15) is 9.59 Å². The number of aliphatic hydroxyl groups excluding tert-OH is 1. The molecule has 112 valence electrons. The van der Waals surface area contributed by atoms with Gasteiger partial charge in [-0.05, 0) is 25.5 Å². The van der Waals surface area contributed by atoms with Crippen LogP contribution in [0.3, 0.4) is 0 Å². The zero-order chi connectivity index (χ0) is 15.4. The SMILES string of the molecule is Cc1cc(C(=O)N2CCNC(=O)C2C)sc1C#CCCO. The van der Waals surface area contributed by atoms with E-state index >= 15 is 0 Å². The lowest BCUT2D eigenvalue weighted by Gasteiger charge is -2.32. The fourth-order valence-electron chi connectivity index (χ4n) is 2.11. The van der Waals surface area contributed by atoms with Crippen LogP contribution in [0.4, 0.5) is 0 Å². The minimum Gasteiger partial charge on any atom is -0.395 e. The van der Waals surface area contributed by atoms with Crippen molar-refractivity contribution >= 4 is 23.2 Å². The Morgan fingerprint density at radius 2 is 2.38 bits per heavy atom. The third-order valence-electron chi connectivity index (χ3n) is 3.33. The molecule has 2 amide bonds. The van der Waals surface area contributed by atoms with Crippen LogP contribution in [0.2, 0.25) is 0 Å². The highest BCUT2D eigenvalue weighted by Gasteiger charge is 2.30. The Morgan fingerprint density at radius 1 is 1.62 bits per heavy atom. The van der Waals surface area contributed by atoms with Crippen molar-refractivity contribution in [3.05, 3.63) is 21.4 Å². The van der Waals surface area contributed by atoms with E-state index in [2.05, 4.69) is 17.2 Å². The van der Waals surface area contributed by atoms with Crippen LogP contribution in [0, 0.1) is 18.8 Å². The monoisotopic (exact) mass is 306 g/mol. The highest BCUT2D eigenvalue weighted by Crippen LogP contribution is 2.23. The Labute approximate surface area is 128 Å².